The molecule has 10 heteroatoms. The van der Waals surface area contributed by atoms with Gasteiger partial charge < -0.3 is 14.7 Å². The normalized spacial score (nSPS) is 26.8. The monoisotopic (exact) mass is 572 g/mol. The number of halogens is 4. The molecule has 1 saturated carbocycles. The number of fused-ring (bicyclic) bond motifs is 2. The molecular weight excluding hydrogens is 532 g/mol. The Balaban J connectivity index is 1.42. The quantitative estimate of drug-likeness (QED) is 0.284. The second-order valence-electron chi connectivity index (χ2n) is 11.5. The predicted octanol–water partition coefficient (Wildman–Crippen LogP) is 6.58. The van der Waals surface area contributed by atoms with Gasteiger partial charge in [-0.05, 0) is 62.7 Å². The Bertz CT molecular complexity index is 1210. The van der Waals surface area contributed by atoms with Crippen molar-refractivity contribution < 1.29 is 17.6 Å². The Morgan fingerprint density at radius 1 is 1.00 bits per heavy atom. The first-order chi connectivity index (χ1) is 19.7. The third-order valence-electron chi connectivity index (χ3n) is 8.71. The van der Waals surface area contributed by atoms with Crippen LogP contribution in [0.15, 0.2) is 74.6 Å². The summed E-state index contributed by atoms with van der Waals surface area (Å²) in [6.07, 6.45) is 11.7. The summed E-state index contributed by atoms with van der Waals surface area (Å²) in [4.78, 5) is 21.2. The zero-order chi connectivity index (χ0) is 29.0. The van der Waals surface area contributed by atoms with E-state index in [1.54, 1.807) is 24.0 Å². The molecule has 0 spiro atoms. The molecule has 2 saturated heterocycles. The van der Waals surface area contributed by atoms with Crippen LogP contribution in [0.1, 0.15) is 58.3 Å². The maximum atomic E-state index is 14.4. The largest absolute Gasteiger partial charge is 0.417 e. The standard InChI is InChI=1S/C31H40F4N6/c1-3-25(31(33,34)35)21-39-14-16-40(17-15-39)28-20-36-30(41-13-7-9-23-8-4-5-11-26(41)19-23)38-29(37-28)24-10-6-12-27(32)22(2)18-24/h3,10,12,18,21,23,26H,1,4-9,11,13-17,19-20H2,2H3/b25-21-. The number of piperazine rings is 1. The van der Waals surface area contributed by atoms with E-state index in [0.717, 1.165) is 55.4 Å². The van der Waals surface area contributed by atoms with Crippen molar-refractivity contribution in [1.82, 2.24) is 14.7 Å². The number of likely N-dealkylation sites (tertiary alicyclic amines) is 1. The summed E-state index contributed by atoms with van der Waals surface area (Å²) >= 11 is 0. The molecule has 2 bridgehead atoms. The van der Waals surface area contributed by atoms with Crippen LogP contribution < -0.4 is 0 Å². The average Bonchev–Trinajstić information content (AvgIpc) is 3.46. The average molecular weight is 573 g/mol. The smallest absolute Gasteiger partial charge is 0.373 e. The van der Waals surface area contributed by atoms with E-state index in [9.17, 15) is 17.6 Å². The first kappa shape index (κ1) is 29.3. The summed E-state index contributed by atoms with van der Waals surface area (Å²) in [6.45, 7) is 8.17. The molecule has 5 rings (SSSR count). The number of nitrogens with zero attached hydrogens (tertiary/aromatic N) is 6. The minimum Gasteiger partial charge on any atom is -0.373 e. The number of allylic oxidation sites excluding steroid dienone is 6. The van der Waals surface area contributed by atoms with Crippen LogP contribution in [0.2, 0.25) is 0 Å². The minimum atomic E-state index is -4.43. The molecule has 41 heavy (non-hydrogen) atoms. The SMILES string of the molecule is C=C/C(=C/N1CCN(C2=NC(C3=CCC=C(F)C(C)=C3)=NC(N3CCCC4CCCCC3C4)=NC2)CC1)C(F)(F)F. The van der Waals surface area contributed by atoms with Gasteiger partial charge in [0.2, 0.25) is 5.96 Å². The number of rotatable bonds is 3. The molecule has 0 radical (unpaired) electrons. The van der Waals surface area contributed by atoms with Gasteiger partial charge in [0.25, 0.3) is 0 Å². The fraction of sp³-hybridized carbons (Fsp3) is 0.581. The van der Waals surface area contributed by atoms with Gasteiger partial charge in [0, 0.05) is 50.5 Å². The van der Waals surface area contributed by atoms with Crippen molar-refractivity contribution in [1.29, 1.82) is 0 Å². The number of guanidine groups is 1. The molecule has 2 atom stereocenters. The maximum Gasteiger partial charge on any atom is 0.417 e. The van der Waals surface area contributed by atoms with Crippen LogP contribution >= 0.6 is 0 Å². The Morgan fingerprint density at radius 3 is 2.51 bits per heavy atom. The van der Waals surface area contributed by atoms with E-state index in [2.05, 4.69) is 16.4 Å². The molecule has 2 unspecified atom stereocenters. The molecule has 0 aromatic heterocycles. The highest BCUT2D eigenvalue weighted by Gasteiger charge is 2.34. The zero-order valence-electron chi connectivity index (χ0n) is 23.8. The number of hydrogen-bond donors (Lipinski definition) is 0. The number of aliphatic imine (C=N–C) groups is 3. The van der Waals surface area contributed by atoms with Crippen molar-refractivity contribution in [2.75, 3.05) is 39.3 Å². The summed E-state index contributed by atoms with van der Waals surface area (Å²) in [5, 5.41) is 0. The summed E-state index contributed by atoms with van der Waals surface area (Å²) in [6, 6.07) is 0.401. The van der Waals surface area contributed by atoms with Crippen molar-refractivity contribution in [2.24, 2.45) is 20.9 Å². The van der Waals surface area contributed by atoms with Gasteiger partial charge in [-0.1, -0.05) is 38.0 Å². The van der Waals surface area contributed by atoms with E-state index in [1.165, 1.54) is 25.7 Å². The van der Waals surface area contributed by atoms with Crippen molar-refractivity contribution in [3.8, 4) is 0 Å². The van der Waals surface area contributed by atoms with Crippen LogP contribution in [-0.4, -0.2) is 83.8 Å². The van der Waals surface area contributed by atoms with Crippen LogP contribution in [0, 0.1) is 5.92 Å². The third-order valence-corrected chi connectivity index (χ3v) is 8.71. The number of alkyl halides is 3. The molecule has 3 heterocycles. The second kappa shape index (κ2) is 12.8. The second-order valence-corrected chi connectivity index (χ2v) is 11.5. The maximum absolute atomic E-state index is 14.4. The lowest BCUT2D eigenvalue weighted by molar-refractivity contribution is -0.0893. The highest BCUT2D eigenvalue weighted by molar-refractivity contribution is 6.14. The lowest BCUT2D eigenvalue weighted by atomic mass is 9.95. The molecule has 0 N–H and O–H groups in total. The van der Waals surface area contributed by atoms with Gasteiger partial charge >= 0.3 is 6.18 Å². The fourth-order valence-electron chi connectivity index (χ4n) is 6.40. The van der Waals surface area contributed by atoms with E-state index in [4.69, 9.17) is 15.0 Å². The lowest BCUT2D eigenvalue weighted by Crippen LogP contribution is -2.48. The first-order valence-electron chi connectivity index (χ1n) is 14.8. The van der Waals surface area contributed by atoms with Crippen LogP contribution in [0.25, 0.3) is 0 Å². The van der Waals surface area contributed by atoms with Crippen molar-refractivity contribution in [3.63, 3.8) is 0 Å². The van der Waals surface area contributed by atoms with Crippen LogP contribution in [-0.2, 0) is 0 Å². The Morgan fingerprint density at radius 2 is 1.76 bits per heavy atom. The molecule has 6 nitrogen and oxygen atoms in total. The topological polar surface area (TPSA) is 46.8 Å². The molecule has 222 valence electrons. The number of amidine groups is 2. The van der Waals surface area contributed by atoms with E-state index in [0.29, 0.717) is 62.6 Å². The highest BCUT2D eigenvalue weighted by Crippen LogP contribution is 2.33. The van der Waals surface area contributed by atoms with Crippen molar-refractivity contribution >= 4 is 17.6 Å². The summed E-state index contributed by atoms with van der Waals surface area (Å²) in [7, 11) is 0. The van der Waals surface area contributed by atoms with Gasteiger partial charge in [-0.15, -0.1) is 0 Å². The van der Waals surface area contributed by atoms with Crippen molar-refractivity contribution in [3.05, 3.63) is 59.6 Å². The Labute approximate surface area is 240 Å². The first-order valence-corrected chi connectivity index (χ1v) is 14.8. The Hall–Kier alpha value is -3.17. The minimum absolute atomic E-state index is 0.248. The van der Waals surface area contributed by atoms with Gasteiger partial charge in [-0.3, -0.25) is 0 Å². The van der Waals surface area contributed by atoms with Crippen LogP contribution in [0.4, 0.5) is 17.6 Å². The summed E-state index contributed by atoms with van der Waals surface area (Å²) in [5.41, 5.74) is 0.540. The molecule has 0 aromatic rings. The molecule has 2 aliphatic carbocycles. The fourth-order valence-corrected chi connectivity index (χ4v) is 6.40. The van der Waals surface area contributed by atoms with Crippen LogP contribution in [0.5, 0.6) is 0 Å². The third kappa shape index (κ3) is 7.19. The molecule has 0 aromatic carbocycles. The predicted molar refractivity (Wildman–Crippen MR) is 157 cm³/mol. The van der Waals surface area contributed by atoms with Gasteiger partial charge in [-0.2, -0.15) is 18.2 Å². The molecule has 3 fully saturated rings. The molecule has 0 amide bonds. The molecule has 3 aliphatic heterocycles. The van der Waals surface area contributed by atoms with Gasteiger partial charge in [0.15, 0.2) is 5.84 Å². The summed E-state index contributed by atoms with van der Waals surface area (Å²) in [5.74, 6) is 2.45. The Kier molecular flexibility index (Phi) is 9.14. The van der Waals surface area contributed by atoms with E-state index in [-0.39, 0.29) is 5.83 Å². The lowest BCUT2D eigenvalue weighted by Gasteiger charge is -2.36. The van der Waals surface area contributed by atoms with Crippen molar-refractivity contribution in [2.45, 2.75) is 70.5 Å². The summed E-state index contributed by atoms with van der Waals surface area (Å²) < 4.78 is 54.1. The van der Waals surface area contributed by atoms with Gasteiger partial charge in [0.1, 0.15) is 18.2 Å². The van der Waals surface area contributed by atoms with Crippen LogP contribution in [0.3, 0.4) is 0 Å². The van der Waals surface area contributed by atoms with E-state index >= 15 is 0 Å². The van der Waals surface area contributed by atoms with Gasteiger partial charge in [-0.25, -0.2) is 14.4 Å². The number of hydrogen-bond acceptors (Lipinski definition) is 6. The van der Waals surface area contributed by atoms with E-state index < -0.39 is 11.7 Å². The molecular formula is C31H40F4N6. The zero-order valence-corrected chi connectivity index (χ0v) is 23.8. The molecule has 5 aliphatic rings. The van der Waals surface area contributed by atoms with Gasteiger partial charge in [0.05, 0.1) is 5.57 Å². The van der Waals surface area contributed by atoms with E-state index in [1.807, 2.05) is 6.08 Å². The highest BCUT2D eigenvalue weighted by atomic mass is 19.4.